The van der Waals surface area contributed by atoms with Crippen molar-refractivity contribution in [1.82, 2.24) is 20.9 Å². The number of carbonyl (C=O) groups excluding carboxylic acids is 2. The number of halogens is 11. The zero-order valence-corrected chi connectivity index (χ0v) is 41.6. The van der Waals surface area contributed by atoms with Crippen molar-refractivity contribution in [2.24, 2.45) is 11.8 Å². The van der Waals surface area contributed by atoms with Crippen LogP contribution in [0.15, 0.2) is 121 Å². The predicted octanol–water partition coefficient (Wildman–Crippen LogP) is 12.8. The molecule has 21 heteroatoms. The minimum atomic E-state index is -4.42. The van der Waals surface area contributed by atoms with Crippen LogP contribution < -0.4 is 25.4 Å². The number of hydrogen-bond acceptors (Lipinski definition) is 6. The van der Waals surface area contributed by atoms with Crippen molar-refractivity contribution in [3.05, 3.63) is 144 Å². The van der Waals surface area contributed by atoms with Gasteiger partial charge in [-0.05, 0) is 122 Å². The maximum atomic E-state index is 12.8. The monoisotopic (exact) mass is 1100 g/mol. The van der Waals surface area contributed by atoms with Crippen LogP contribution in [0.5, 0.6) is 23.0 Å². The molecule has 0 radical (unpaired) electrons. The molecular weight excluding hydrogens is 1050 g/mol. The van der Waals surface area contributed by atoms with Crippen LogP contribution in [0.2, 0.25) is 0 Å². The van der Waals surface area contributed by atoms with E-state index in [-0.39, 0.29) is 74.4 Å². The number of nitrogens with one attached hydrogen (secondary N) is 3. The summed E-state index contributed by atoms with van der Waals surface area (Å²) in [5.74, 6) is 1.68. The lowest BCUT2D eigenvalue weighted by Gasteiger charge is -2.42. The standard InChI is InChI=1S/C25H23F5N2O2.C23H21F3N2O2.C2H3BrF2.2H2S/c1-15(18-12-32(13-18)14-23(26)27)31-24(33)17-5-10-21-16(11-17)3-2-4-22(21)34-20-8-6-19(7-9-20)25(28,29)30;1-14(17-12-27-13-17)28-22(29)16-5-10-20-15(11-16)3-2-4-21(20)30-19-8-6-18(7-9-19)23(24,25)26;3-1-2(4)5;;/h2-11,15,18,23H,12-14H2,1H3,(H,31,33);2-11,14,17,27H,12-13H2,1H3,(H,28,29);2H,1H2;2*1H2/t15-;14-;;;/m00.../s1. The first-order valence-electron chi connectivity index (χ1n) is 21.6. The Morgan fingerprint density at radius 3 is 1.35 bits per heavy atom. The summed E-state index contributed by atoms with van der Waals surface area (Å²) < 4.78 is 134. The third kappa shape index (κ3) is 16.4. The molecule has 2 saturated heterocycles. The molecule has 0 unspecified atom stereocenters. The summed E-state index contributed by atoms with van der Waals surface area (Å²) in [5, 5.41) is 12.0. The zero-order chi connectivity index (χ0) is 50.0. The smallest absolute Gasteiger partial charge is 0.416 e. The summed E-state index contributed by atoms with van der Waals surface area (Å²) >= 11 is 2.56. The van der Waals surface area contributed by atoms with E-state index in [4.69, 9.17) is 9.47 Å². The van der Waals surface area contributed by atoms with E-state index in [1.54, 1.807) is 65.6 Å². The second kappa shape index (κ2) is 25.9. The number of amides is 2. The molecule has 2 amide bonds. The summed E-state index contributed by atoms with van der Waals surface area (Å²) in [6, 6.07) is 29.9. The first-order chi connectivity index (χ1) is 32.7. The van der Waals surface area contributed by atoms with Crippen molar-refractivity contribution in [3.63, 3.8) is 0 Å². The van der Waals surface area contributed by atoms with E-state index in [0.717, 1.165) is 53.5 Å². The Balaban J connectivity index is 0.000000276. The van der Waals surface area contributed by atoms with Gasteiger partial charge in [0.25, 0.3) is 18.2 Å². The second-order valence-corrected chi connectivity index (χ2v) is 17.1. The van der Waals surface area contributed by atoms with Crippen LogP contribution in [-0.2, 0) is 12.4 Å². The lowest BCUT2D eigenvalue weighted by atomic mass is 9.92. The summed E-state index contributed by atoms with van der Waals surface area (Å²) in [6.45, 7) is 6.47. The lowest BCUT2D eigenvalue weighted by Crippen LogP contribution is -2.56. The van der Waals surface area contributed by atoms with Gasteiger partial charge in [-0.1, -0.05) is 40.2 Å². The molecule has 8 nitrogen and oxygen atoms in total. The highest BCUT2D eigenvalue weighted by Crippen LogP contribution is 2.36. The average Bonchev–Trinajstić information content (AvgIpc) is 3.26. The summed E-state index contributed by atoms with van der Waals surface area (Å²) in [5.41, 5.74) is -0.496. The van der Waals surface area contributed by atoms with Gasteiger partial charge >= 0.3 is 12.4 Å². The minimum Gasteiger partial charge on any atom is -0.457 e. The van der Waals surface area contributed by atoms with Gasteiger partial charge in [-0.3, -0.25) is 14.5 Å². The van der Waals surface area contributed by atoms with Gasteiger partial charge < -0.3 is 25.4 Å². The highest BCUT2D eigenvalue weighted by molar-refractivity contribution is 9.09. The normalized spacial score (nSPS) is 14.8. The van der Waals surface area contributed by atoms with Crippen molar-refractivity contribution >= 4 is 76.3 Å². The molecule has 0 aliphatic carbocycles. The summed E-state index contributed by atoms with van der Waals surface area (Å²) in [6.07, 6.45) is -13.4. The van der Waals surface area contributed by atoms with Crippen molar-refractivity contribution in [1.29, 1.82) is 0 Å². The Morgan fingerprint density at radius 2 is 1.01 bits per heavy atom. The van der Waals surface area contributed by atoms with Crippen LogP contribution in [-0.4, -0.2) is 79.7 Å². The van der Waals surface area contributed by atoms with Gasteiger partial charge in [-0.25, -0.2) is 17.6 Å². The number of ether oxygens (including phenoxy) is 2. The molecule has 2 aliphatic heterocycles. The molecular formula is C50H51BrF10N4O4S2. The molecule has 2 aliphatic rings. The Labute approximate surface area is 425 Å². The van der Waals surface area contributed by atoms with Crippen LogP contribution in [0.3, 0.4) is 0 Å². The first kappa shape index (κ1) is 58.4. The van der Waals surface area contributed by atoms with Gasteiger partial charge in [0.15, 0.2) is 0 Å². The van der Waals surface area contributed by atoms with E-state index in [0.29, 0.717) is 52.8 Å². The molecule has 2 atom stereocenters. The van der Waals surface area contributed by atoms with E-state index in [2.05, 4.69) is 31.9 Å². The molecule has 3 N–H and O–H groups in total. The van der Waals surface area contributed by atoms with E-state index in [1.807, 2.05) is 26.0 Å². The first-order valence-corrected chi connectivity index (χ1v) is 22.7. The summed E-state index contributed by atoms with van der Waals surface area (Å²) in [4.78, 5) is 27.0. The maximum absolute atomic E-state index is 12.8. The van der Waals surface area contributed by atoms with Crippen LogP contribution in [0.1, 0.15) is 45.7 Å². The Kier molecular flexibility index (Phi) is 21.3. The van der Waals surface area contributed by atoms with Crippen LogP contribution in [0, 0.1) is 11.8 Å². The van der Waals surface area contributed by atoms with Gasteiger partial charge in [-0.15, -0.1) is 0 Å². The van der Waals surface area contributed by atoms with Gasteiger partial charge in [0.2, 0.25) is 6.43 Å². The number of nitrogens with zero attached hydrogens (tertiary/aromatic N) is 1. The topological polar surface area (TPSA) is 91.9 Å². The number of alkyl halides is 11. The molecule has 0 bridgehead atoms. The second-order valence-electron chi connectivity index (χ2n) is 16.5. The number of fused-ring (bicyclic) bond motifs is 2. The number of carbonyl (C=O) groups is 2. The van der Waals surface area contributed by atoms with Crippen LogP contribution in [0.25, 0.3) is 21.5 Å². The average molecular weight is 1110 g/mol. The molecule has 6 aromatic carbocycles. The quantitative estimate of drug-likeness (QED) is 0.0788. The van der Waals surface area contributed by atoms with Gasteiger partial charge in [0, 0.05) is 72.0 Å². The van der Waals surface area contributed by atoms with Gasteiger partial charge in [0.05, 0.1) is 23.0 Å². The largest absolute Gasteiger partial charge is 0.457 e. The Bertz CT molecular complexity index is 2670. The molecule has 8 rings (SSSR count). The third-order valence-electron chi connectivity index (χ3n) is 11.5. The van der Waals surface area contributed by atoms with Crippen molar-refractivity contribution in [2.45, 2.75) is 51.1 Å². The zero-order valence-electron chi connectivity index (χ0n) is 38.0. The molecule has 0 aromatic heterocycles. The molecule has 2 heterocycles. The Morgan fingerprint density at radius 1 is 0.620 bits per heavy atom. The Hall–Kier alpha value is -5.22. The molecule has 0 spiro atoms. The fraction of sp³-hybridized carbons (Fsp3) is 0.320. The fourth-order valence-electron chi connectivity index (χ4n) is 7.40. The summed E-state index contributed by atoms with van der Waals surface area (Å²) in [7, 11) is 0. The van der Waals surface area contributed by atoms with E-state index >= 15 is 0 Å². The van der Waals surface area contributed by atoms with Crippen LogP contribution in [0.4, 0.5) is 43.9 Å². The molecule has 384 valence electrons. The van der Waals surface area contributed by atoms with E-state index < -0.39 is 36.3 Å². The van der Waals surface area contributed by atoms with Gasteiger partial charge in [0.1, 0.15) is 23.0 Å². The lowest BCUT2D eigenvalue weighted by molar-refractivity contribution is -0.138. The van der Waals surface area contributed by atoms with Crippen molar-refractivity contribution in [2.75, 3.05) is 38.1 Å². The van der Waals surface area contributed by atoms with E-state index in [1.165, 1.54) is 24.3 Å². The number of benzene rings is 6. The predicted molar refractivity (Wildman–Crippen MR) is 268 cm³/mol. The van der Waals surface area contributed by atoms with Crippen LogP contribution >= 0.6 is 42.9 Å². The van der Waals surface area contributed by atoms with Crippen molar-refractivity contribution < 1.29 is 63.0 Å². The minimum absolute atomic E-state index is 0. The number of rotatable bonds is 13. The maximum Gasteiger partial charge on any atom is 0.416 e. The fourth-order valence-corrected chi connectivity index (χ4v) is 7.40. The number of likely N-dealkylation sites (tertiary alicyclic amines) is 1. The molecule has 71 heavy (non-hydrogen) atoms. The molecule has 6 aromatic rings. The van der Waals surface area contributed by atoms with Gasteiger partial charge in [-0.2, -0.15) is 53.3 Å². The van der Waals surface area contributed by atoms with Crippen molar-refractivity contribution in [3.8, 4) is 23.0 Å². The number of hydrogen-bond donors (Lipinski definition) is 3. The highest BCUT2D eigenvalue weighted by atomic mass is 79.9. The molecule has 0 saturated carbocycles. The molecule has 2 fully saturated rings. The SMILES string of the molecule is C[C@H](NC(=O)c1ccc2c(Oc3ccc(C(F)(F)F)cc3)cccc2c1)C1CN(CC(F)F)C1.C[C@H](NC(=O)c1ccc2c(Oc3ccc(C(F)(F)F)cc3)cccc2c1)C1CNC1.FC(F)CBr.S.S. The highest BCUT2D eigenvalue weighted by Gasteiger charge is 2.34. The third-order valence-corrected chi connectivity index (χ3v) is 12.0. The van der Waals surface area contributed by atoms with E-state index in [9.17, 15) is 53.5 Å².